The summed E-state index contributed by atoms with van der Waals surface area (Å²) >= 11 is 0. The Hall–Kier alpha value is -1.89. The highest BCUT2D eigenvalue weighted by Gasteiger charge is 2.34. The molecule has 6 nitrogen and oxygen atoms in total. The number of carbonyl (C=O) groups is 1. The Morgan fingerprint density at radius 2 is 2.07 bits per heavy atom. The quantitative estimate of drug-likeness (QED) is 0.753. The van der Waals surface area contributed by atoms with Gasteiger partial charge in [0.05, 0.1) is 26.2 Å². The molecule has 0 saturated carbocycles. The summed E-state index contributed by atoms with van der Waals surface area (Å²) in [5.74, 6) is 0.237. The number of benzene rings is 1. The van der Waals surface area contributed by atoms with Gasteiger partial charge in [0.1, 0.15) is 0 Å². The van der Waals surface area contributed by atoms with Gasteiger partial charge in [-0.05, 0) is 56.3 Å². The Bertz CT molecular complexity index is 827. The van der Waals surface area contributed by atoms with Crippen LogP contribution in [-0.4, -0.2) is 50.7 Å². The molecule has 1 aromatic carbocycles. The number of fused-ring (bicyclic) bond motifs is 3. The molecule has 1 aromatic heterocycles. The number of nitrogens with one attached hydrogen (secondary N) is 2. The minimum absolute atomic E-state index is 0.118. The van der Waals surface area contributed by atoms with E-state index in [1.165, 1.54) is 18.1 Å². The van der Waals surface area contributed by atoms with Crippen LogP contribution in [0.4, 0.5) is 0 Å². The number of esters is 1. The lowest BCUT2D eigenvalue weighted by Gasteiger charge is -2.28. The van der Waals surface area contributed by atoms with Gasteiger partial charge in [-0.3, -0.25) is 4.79 Å². The molecule has 29 heavy (non-hydrogen) atoms. The van der Waals surface area contributed by atoms with Crippen LogP contribution < -0.4 is 5.32 Å². The predicted molar refractivity (Wildman–Crippen MR) is 112 cm³/mol. The third-order valence-electron chi connectivity index (χ3n) is 6.43. The number of aromatic amines is 1. The molecule has 4 rings (SSSR count). The minimum atomic E-state index is -0.282. The lowest BCUT2D eigenvalue weighted by molar-refractivity contribution is -0.143. The Labute approximate surface area is 172 Å². The van der Waals surface area contributed by atoms with Crippen molar-refractivity contribution in [1.29, 1.82) is 0 Å². The van der Waals surface area contributed by atoms with Gasteiger partial charge in [-0.2, -0.15) is 0 Å². The van der Waals surface area contributed by atoms with Crippen LogP contribution in [0.15, 0.2) is 24.3 Å². The Balaban J connectivity index is 1.63. The lowest BCUT2D eigenvalue weighted by atomic mass is 9.83. The summed E-state index contributed by atoms with van der Waals surface area (Å²) in [6.45, 7) is 5.32. The van der Waals surface area contributed by atoms with Crippen LogP contribution in [0.1, 0.15) is 43.4 Å². The molecule has 2 N–H and O–H groups in total. The molecule has 0 spiro atoms. The average molecular weight is 401 g/mol. The number of para-hydroxylation sites is 1. The van der Waals surface area contributed by atoms with Crippen LogP contribution in [-0.2, 0) is 25.4 Å². The number of methoxy groups -OCH3 is 1. The normalized spacial score (nSPS) is 24.5. The van der Waals surface area contributed by atoms with Gasteiger partial charge in [-0.25, -0.2) is 0 Å². The van der Waals surface area contributed by atoms with Gasteiger partial charge in [0.25, 0.3) is 0 Å². The Kier molecular flexibility index (Phi) is 6.53. The summed E-state index contributed by atoms with van der Waals surface area (Å²) in [5, 5.41) is 4.83. The van der Waals surface area contributed by atoms with E-state index in [-0.39, 0.29) is 18.2 Å². The summed E-state index contributed by atoms with van der Waals surface area (Å²) < 4.78 is 16.8. The van der Waals surface area contributed by atoms with Crippen molar-refractivity contribution in [3.05, 3.63) is 35.5 Å². The standard InChI is InChI=1S/C23H32N2O4/c1-3-16(23-28-10-11-29-23)12-15-13-19(22(26)27-2)21-18(8-9-24-14-15)17-6-4-5-7-20(17)25-21/h4-7,15-16,19,23-25H,3,8-14H2,1-2H3/t15-,16?,19-/m1/s1. The maximum atomic E-state index is 12.8. The van der Waals surface area contributed by atoms with Crippen molar-refractivity contribution in [3.63, 3.8) is 0 Å². The maximum Gasteiger partial charge on any atom is 0.314 e. The zero-order valence-corrected chi connectivity index (χ0v) is 17.4. The molecule has 2 aliphatic rings. The highest BCUT2D eigenvalue weighted by Crippen LogP contribution is 2.36. The van der Waals surface area contributed by atoms with Crippen molar-refractivity contribution in [2.75, 3.05) is 33.4 Å². The van der Waals surface area contributed by atoms with E-state index in [1.54, 1.807) is 0 Å². The van der Waals surface area contributed by atoms with E-state index in [1.807, 2.05) is 6.07 Å². The van der Waals surface area contributed by atoms with Gasteiger partial charge in [0.2, 0.25) is 0 Å². The second-order valence-corrected chi connectivity index (χ2v) is 8.21. The van der Waals surface area contributed by atoms with E-state index in [4.69, 9.17) is 14.2 Å². The van der Waals surface area contributed by atoms with Crippen molar-refractivity contribution in [2.45, 2.75) is 44.8 Å². The second kappa shape index (κ2) is 9.28. The van der Waals surface area contributed by atoms with Crippen LogP contribution in [0.3, 0.4) is 0 Å². The van der Waals surface area contributed by atoms with Crippen molar-refractivity contribution >= 4 is 16.9 Å². The van der Waals surface area contributed by atoms with Crippen molar-refractivity contribution in [3.8, 4) is 0 Å². The molecule has 3 heterocycles. The van der Waals surface area contributed by atoms with Gasteiger partial charge in [0, 0.05) is 22.5 Å². The SMILES string of the molecule is CCC(C[C@H]1CNCCc2c([nH]c3ccccc23)[C@H](C(=O)OC)C1)C1OCCO1. The van der Waals surface area contributed by atoms with Crippen molar-refractivity contribution < 1.29 is 19.0 Å². The fourth-order valence-electron chi connectivity index (χ4n) is 4.92. The van der Waals surface area contributed by atoms with E-state index in [9.17, 15) is 4.79 Å². The van der Waals surface area contributed by atoms with Crippen LogP contribution in [0, 0.1) is 11.8 Å². The van der Waals surface area contributed by atoms with E-state index < -0.39 is 0 Å². The first kappa shape index (κ1) is 20.4. The molecule has 0 amide bonds. The predicted octanol–water partition coefficient (Wildman–Crippen LogP) is 3.37. The fourth-order valence-corrected chi connectivity index (χ4v) is 4.92. The molecule has 1 saturated heterocycles. The zero-order valence-electron chi connectivity index (χ0n) is 17.4. The molecule has 2 aromatic rings. The van der Waals surface area contributed by atoms with Crippen molar-refractivity contribution in [2.24, 2.45) is 11.8 Å². The van der Waals surface area contributed by atoms with E-state index in [0.29, 0.717) is 25.0 Å². The Morgan fingerprint density at radius 3 is 2.83 bits per heavy atom. The Morgan fingerprint density at radius 1 is 1.28 bits per heavy atom. The summed E-state index contributed by atoms with van der Waals surface area (Å²) in [4.78, 5) is 16.4. The van der Waals surface area contributed by atoms with E-state index in [0.717, 1.165) is 50.0 Å². The van der Waals surface area contributed by atoms with Gasteiger partial charge >= 0.3 is 5.97 Å². The van der Waals surface area contributed by atoms with Gasteiger partial charge in [-0.1, -0.05) is 25.1 Å². The molecular formula is C23H32N2O4. The van der Waals surface area contributed by atoms with Crippen molar-refractivity contribution in [1.82, 2.24) is 10.3 Å². The van der Waals surface area contributed by atoms with Gasteiger partial charge < -0.3 is 24.5 Å². The number of rotatable bonds is 5. The number of carbonyl (C=O) groups excluding carboxylic acids is 1. The molecule has 0 aliphatic carbocycles. The highest BCUT2D eigenvalue weighted by atomic mass is 16.7. The molecule has 1 fully saturated rings. The number of aromatic nitrogens is 1. The summed E-state index contributed by atoms with van der Waals surface area (Å²) in [5.41, 5.74) is 3.34. The molecule has 2 aliphatic heterocycles. The molecule has 158 valence electrons. The van der Waals surface area contributed by atoms with Crippen LogP contribution >= 0.6 is 0 Å². The van der Waals surface area contributed by atoms with E-state index in [2.05, 4.69) is 35.4 Å². The topological polar surface area (TPSA) is 72.6 Å². The molecular weight excluding hydrogens is 368 g/mol. The first-order valence-electron chi connectivity index (χ1n) is 10.8. The first-order chi connectivity index (χ1) is 14.2. The average Bonchev–Trinajstić information content (AvgIpc) is 3.40. The molecule has 0 bridgehead atoms. The largest absolute Gasteiger partial charge is 0.469 e. The summed E-state index contributed by atoms with van der Waals surface area (Å²) in [6, 6.07) is 8.30. The highest BCUT2D eigenvalue weighted by molar-refractivity contribution is 5.88. The summed E-state index contributed by atoms with van der Waals surface area (Å²) in [6.07, 6.45) is 3.50. The second-order valence-electron chi connectivity index (χ2n) is 8.21. The summed E-state index contributed by atoms with van der Waals surface area (Å²) in [7, 11) is 1.49. The number of H-pyrrole nitrogens is 1. The third kappa shape index (κ3) is 4.34. The first-order valence-corrected chi connectivity index (χ1v) is 10.8. The third-order valence-corrected chi connectivity index (χ3v) is 6.43. The molecule has 1 unspecified atom stereocenters. The number of hydrogen-bond acceptors (Lipinski definition) is 5. The van der Waals surface area contributed by atoms with Crippen LogP contribution in [0.5, 0.6) is 0 Å². The van der Waals surface area contributed by atoms with Crippen LogP contribution in [0.2, 0.25) is 0 Å². The van der Waals surface area contributed by atoms with Gasteiger partial charge in [-0.15, -0.1) is 0 Å². The number of hydrogen-bond donors (Lipinski definition) is 2. The molecule has 6 heteroatoms. The minimum Gasteiger partial charge on any atom is -0.469 e. The smallest absolute Gasteiger partial charge is 0.314 e. The maximum absolute atomic E-state index is 12.8. The molecule has 3 atom stereocenters. The fraction of sp³-hybridized carbons (Fsp3) is 0.609. The van der Waals surface area contributed by atoms with Crippen LogP contribution in [0.25, 0.3) is 10.9 Å². The monoisotopic (exact) mass is 400 g/mol. The van der Waals surface area contributed by atoms with E-state index >= 15 is 0 Å². The molecule has 0 radical (unpaired) electrons. The number of ether oxygens (including phenoxy) is 3. The van der Waals surface area contributed by atoms with Gasteiger partial charge in [0.15, 0.2) is 6.29 Å². The lowest BCUT2D eigenvalue weighted by Crippen LogP contribution is -2.31. The zero-order chi connectivity index (χ0) is 20.2.